The molecule has 3 aromatic rings. The average molecular weight is 1210 g/mol. The zero-order valence-electron chi connectivity index (χ0n) is 46.0. The number of rotatable bonds is 12. The van der Waals surface area contributed by atoms with Gasteiger partial charge in [-0.2, -0.15) is 39.5 Å². The number of aldehydes is 1. The van der Waals surface area contributed by atoms with Crippen LogP contribution in [0.25, 0.3) is 0 Å². The zero-order chi connectivity index (χ0) is 58.4. The largest absolute Gasteiger partial charge is 0.416 e. The van der Waals surface area contributed by atoms with Crippen molar-refractivity contribution in [2.45, 2.75) is 209 Å². The Morgan fingerprint density at radius 1 is 0.543 bits per heavy atom. The van der Waals surface area contributed by atoms with Crippen LogP contribution in [0.2, 0.25) is 0 Å². The van der Waals surface area contributed by atoms with Crippen molar-refractivity contribution in [1.29, 1.82) is 0 Å². The first-order chi connectivity index (χ1) is 38.3. The molecule has 9 fully saturated rings. The molecule has 12 rings (SSSR count). The van der Waals surface area contributed by atoms with Gasteiger partial charge >= 0.3 is 18.5 Å². The molecule has 9 nitrogen and oxygen atoms in total. The summed E-state index contributed by atoms with van der Waals surface area (Å²) < 4.78 is 189. The topological polar surface area (TPSA) is 122 Å². The van der Waals surface area contributed by atoms with Crippen molar-refractivity contribution in [3.8, 4) is 0 Å². The van der Waals surface area contributed by atoms with Gasteiger partial charge in [-0.1, -0.05) is 32.0 Å². The molecule has 0 spiro atoms. The van der Waals surface area contributed by atoms with E-state index in [0.717, 1.165) is 125 Å². The molecule has 9 aliphatic rings. The molecule has 0 aromatic heterocycles. The SMILES string of the molecule is CC1CCOC(C2CC2)C1.CCC1(S(=O)(=O)c2cccc(C(F)(F)F)c2)CCOC(C2CC2)C1.FC(F)(F)c1cccc(SC2CCOC(C3CC3)C2)c1.O=CC1CC1.O=S(=O)(c1cccc(C(F)(F)F)c1)C1CCOC(C2CC2)C1. The van der Waals surface area contributed by atoms with E-state index in [1.54, 1.807) is 24.8 Å². The Morgan fingerprint density at radius 2 is 1.00 bits per heavy atom. The van der Waals surface area contributed by atoms with Crippen LogP contribution in [-0.2, 0) is 61.9 Å². The van der Waals surface area contributed by atoms with Gasteiger partial charge in [0.2, 0.25) is 0 Å². The summed E-state index contributed by atoms with van der Waals surface area (Å²) in [4.78, 5) is 9.79. The van der Waals surface area contributed by atoms with Crippen LogP contribution in [0.5, 0.6) is 0 Å². The Labute approximate surface area is 475 Å². The molecule has 5 aliphatic carbocycles. The summed E-state index contributed by atoms with van der Waals surface area (Å²) in [7, 11) is -7.64. The number of sulfone groups is 2. The van der Waals surface area contributed by atoms with E-state index in [9.17, 15) is 61.1 Å². The van der Waals surface area contributed by atoms with Gasteiger partial charge in [-0.3, -0.25) is 0 Å². The predicted molar refractivity (Wildman–Crippen MR) is 290 cm³/mol. The molecule has 3 aromatic carbocycles. The average Bonchev–Trinajstić information content (AvgIpc) is 4.31. The number of carbonyl (C=O) groups excluding carboxylic acids is 1. The van der Waals surface area contributed by atoms with Gasteiger partial charge in [0.25, 0.3) is 0 Å². The minimum Gasteiger partial charge on any atom is -0.378 e. The Bertz CT molecular complexity index is 2760. The van der Waals surface area contributed by atoms with Crippen LogP contribution in [0.1, 0.15) is 153 Å². The highest BCUT2D eigenvalue weighted by Gasteiger charge is 2.51. The van der Waals surface area contributed by atoms with Crippen molar-refractivity contribution in [3.05, 3.63) is 89.5 Å². The van der Waals surface area contributed by atoms with Crippen molar-refractivity contribution >= 4 is 37.7 Å². The fourth-order valence-electron chi connectivity index (χ4n) is 11.1. The summed E-state index contributed by atoms with van der Waals surface area (Å²) in [6.07, 6.45) is 6.51. The highest BCUT2D eigenvalue weighted by atomic mass is 32.2. The normalized spacial score (nSPS) is 29.1. The molecular weight excluding hydrogens is 1130 g/mol. The number of benzene rings is 3. The van der Waals surface area contributed by atoms with E-state index >= 15 is 0 Å². The molecule has 4 saturated heterocycles. The number of hydrogen-bond acceptors (Lipinski definition) is 10. The monoisotopic (exact) mass is 1210 g/mol. The minimum absolute atomic E-state index is 0.0701. The van der Waals surface area contributed by atoms with Crippen LogP contribution in [0.15, 0.2) is 87.5 Å². The van der Waals surface area contributed by atoms with Gasteiger partial charge in [-0.25, -0.2) is 16.8 Å². The van der Waals surface area contributed by atoms with Gasteiger partial charge in [0.1, 0.15) is 6.29 Å². The number of alkyl halides is 9. The van der Waals surface area contributed by atoms with Crippen LogP contribution in [-0.4, -0.2) is 89.2 Å². The first kappa shape index (κ1) is 63.8. The van der Waals surface area contributed by atoms with Crippen molar-refractivity contribution in [1.82, 2.24) is 0 Å². The van der Waals surface area contributed by atoms with E-state index in [-0.39, 0.29) is 22.0 Å². The standard InChI is InChI=1S/C17H21F3O3S.C15H17F3O3S.C15H17F3OS.C9H16O.C4H6O/c1-2-16(8-9-23-15(11-16)12-6-7-12)24(21,22)14-5-3-4-13(10-14)17(18,19)20;16-15(17,18)11-2-1-3-12(8-11)22(19,20)13-6-7-21-14(9-13)10-4-5-10;16-15(17,18)11-2-1-3-12(8-11)20-13-6-7-19-14(9-13)10-4-5-10;1-7-4-5-10-9(6-7)8-2-3-8;5-3-4-1-2-4/h3-5,10,12,15H,2,6-9,11H2,1H3;1-3,8,10,13-14H,4-7,9H2;1-3,8,10,13-14H,4-7,9H2;7-9H,2-6H2,1H3;3-4H,1-2H2. The maximum absolute atomic E-state index is 13.2. The van der Waals surface area contributed by atoms with Crippen LogP contribution in [0.4, 0.5) is 39.5 Å². The number of carbonyl (C=O) groups is 1. The van der Waals surface area contributed by atoms with Crippen LogP contribution < -0.4 is 0 Å². The lowest BCUT2D eigenvalue weighted by Gasteiger charge is -2.40. The molecule has 0 N–H and O–H groups in total. The molecule has 5 saturated carbocycles. The highest BCUT2D eigenvalue weighted by Crippen LogP contribution is 2.48. The lowest BCUT2D eigenvalue weighted by Crippen LogP contribution is -2.47. The van der Waals surface area contributed by atoms with E-state index in [1.165, 1.54) is 62.8 Å². The lowest BCUT2D eigenvalue weighted by molar-refractivity contribution is -0.138. The van der Waals surface area contributed by atoms with E-state index in [4.69, 9.17) is 18.9 Å². The van der Waals surface area contributed by atoms with Crippen molar-refractivity contribution in [2.75, 3.05) is 26.4 Å². The lowest BCUT2D eigenvalue weighted by atomic mass is 9.90. The molecular formula is C60H77F9O9S3. The quantitative estimate of drug-likeness (QED) is 0.128. The molecule has 4 heterocycles. The van der Waals surface area contributed by atoms with Crippen molar-refractivity contribution in [3.63, 3.8) is 0 Å². The summed E-state index contributed by atoms with van der Waals surface area (Å²) in [6.45, 7) is 6.58. The van der Waals surface area contributed by atoms with Crippen LogP contribution in [0, 0.1) is 35.5 Å². The van der Waals surface area contributed by atoms with Gasteiger partial charge in [0.15, 0.2) is 19.7 Å². The van der Waals surface area contributed by atoms with Gasteiger partial charge in [0.05, 0.1) is 60.9 Å². The highest BCUT2D eigenvalue weighted by molar-refractivity contribution is 8.00. The van der Waals surface area contributed by atoms with E-state index in [0.29, 0.717) is 91.3 Å². The first-order valence-corrected chi connectivity index (χ1v) is 32.8. The third kappa shape index (κ3) is 18.2. The molecule has 81 heavy (non-hydrogen) atoms. The third-order valence-corrected chi connectivity index (χ3v) is 23.2. The van der Waals surface area contributed by atoms with Crippen LogP contribution in [0.3, 0.4) is 0 Å². The second-order valence-corrected chi connectivity index (χ2v) is 29.6. The molecule has 0 bridgehead atoms. The zero-order valence-corrected chi connectivity index (χ0v) is 48.4. The number of hydrogen-bond donors (Lipinski definition) is 0. The molecule has 452 valence electrons. The fraction of sp³-hybridized carbons (Fsp3) is 0.683. The van der Waals surface area contributed by atoms with Gasteiger partial charge in [-0.05, 0) is 206 Å². The third-order valence-electron chi connectivity index (χ3n) is 17.1. The second kappa shape index (κ2) is 27.0. The summed E-state index contributed by atoms with van der Waals surface area (Å²) in [5.41, 5.74) is -2.42. The second-order valence-electron chi connectivity index (χ2n) is 23.6. The van der Waals surface area contributed by atoms with Crippen LogP contribution >= 0.6 is 11.8 Å². The predicted octanol–water partition coefficient (Wildman–Crippen LogP) is 15.2. The van der Waals surface area contributed by atoms with Crippen molar-refractivity contribution in [2.24, 2.45) is 35.5 Å². The molecule has 8 atom stereocenters. The molecule has 8 unspecified atom stereocenters. The molecule has 0 amide bonds. The summed E-state index contributed by atoms with van der Waals surface area (Å²) in [6, 6.07) is 13.7. The molecule has 4 aliphatic heterocycles. The van der Waals surface area contributed by atoms with E-state index in [2.05, 4.69) is 6.92 Å². The van der Waals surface area contributed by atoms with E-state index < -0.39 is 64.9 Å². The van der Waals surface area contributed by atoms with Gasteiger partial charge in [-0.15, -0.1) is 11.8 Å². The molecule has 21 heteroatoms. The van der Waals surface area contributed by atoms with E-state index in [1.807, 2.05) is 0 Å². The summed E-state index contributed by atoms with van der Waals surface area (Å²) >= 11 is 1.56. The number of ether oxygens (including phenoxy) is 4. The fourth-order valence-corrected chi connectivity index (χ4v) is 16.3. The number of halogens is 9. The maximum atomic E-state index is 13.2. The summed E-state index contributed by atoms with van der Waals surface area (Å²) in [5, 5.41) is -0.284. The maximum Gasteiger partial charge on any atom is 0.416 e. The molecule has 0 radical (unpaired) electrons. The Hall–Kier alpha value is -3.21. The van der Waals surface area contributed by atoms with Gasteiger partial charge in [0, 0.05) is 42.5 Å². The Morgan fingerprint density at radius 3 is 1.49 bits per heavy atom. The minimum atomic E-state index is -4.56. The van der Waals surface area contributed by atoms with Crippen molar-refractivity contribution < 1.29 is 80.1 Å². The Balaban J connectivity index is 0.000000141. The Kier molecular flexibility index (Phi) is 21.3. The summed E-state index contributed by atoms with van der Waals surface area (Å²) in [5.74, 6) is 3.82. The number of thioether (sulfide) groups is 1. The first-order valence-electron chi connectivity index (χ1n) is 28.9. The smallest absolute Gasteiger partial charge is 0.378 e. The van der Waals surface area contributed by atoms with Gasteiger partial charge < -0.3 is 23.7 Å².